The van der Waals surface area contributed by atoms with Crippen LogP contribution < -0.4 is 18.3 Å². The molecule has 1 atom stereocenters. The second-order valence-corrected chi connectivity index (χ2v) is 11.1. The van der Waals surface area contributed by atoms with Gasteiger partial charge in [0.05, 0.1) is 0 Å². The number of fused-ring (bicyclic) bond motifs is 1. The van der Waals surface area contributed by atoms with Crippen LogP contribution in [0, 0.1) is 5.82 Å². The van der Waals surface area contributed by atoms with Crippen molar-refractivity contribution in [2.24, 2.45) is 0 Å². The number of nitrogens with zero attached hydrogens (tertiary/aromatic N) is 3. The third kappa shape index (κ3) is 5.80. The van der Waals surface area contributed by atoms with Gasteiger partial charge in [-0.05, 0) is 0 Å². The number of aromatic nitrogens is 2. The van der Waals surface area contributed by atoms with E-state index < -0.39 is 21.6 Å². The molecule has 0 spiro atoms. The molecule has 180 valence electrons. The Morgan fingerprint density at radius 2 is 1.97 bits per heavy atom. The zero-order valence-corrected chi connectivity index (χ0v) is 21.9. The topological polar surface area (TPSA) is 73.8 Å². The molecule has 1 unspecified atom stereocenters. The molecular formula is C24H26AsClFN3O4. The fraction of sp³-hybridized carbons (Fsp3) is 0.375. The number of carbonyl (C=O) groups is 1. The number of rotatable bonds is 8. The maximum absolute atomic E-state index is 13.6. The summed E-state index contributed by atoms with van der Waals surface area (Å²) in [6.07, 6.45) is 3.37. The SMILES string of the molecule is COCCC(=O)N1CCC(Oc2cc3c([AsH]c4ccc(F)c(Cl)c4)ncnc3cc2OC)CC1. The van der Waals surface area contributed by atoms with Crippen LogP contribution in [0.25, 0.3) is 10.9 Å². The van der Waals surface area contributed by atoms with Crippen molar-refractivity contribution in [1.29, 1.82) is 0 Å². The van der Waals surface area contributed by atoms with Gasteiger partial charge in [-0.2, -0.15) is 0 Å². The molecule has 0 radical (unpaired) electrons. The summed E-state index contributed by atoms with van der Waals surface area (Å²) < 4.78 is 32.4. The second kappa shape index (κ2) is 11.3. The van der Waals surface area contributed by atoms with Crippen molar-refractivity contribution in [2.45, 2.75) is 25.4 Å². The van der Waals surface area contributed by atoms with Crippen LogP contribution >= 0.6 is 11.6 Å². The van der Waals surface area contributed by atoms with E-state index in [9.17, 15) is 9.18 Å². The first-order valence-electron chi connectivity index (χ1n) is 11.0. The Bertz CT molecular complexity index is 1170. The predicted molar refractivity (Wildman–Crippen MR) is 131 cm³/mol. The first kappa shape index (κ1) is 24.7. The molecule has 1 fully saturated rings. The summed E-state index contributed by atoms with van der Waals surface area (Å²) in [4.78, 5) is 23.0. The fourth-order valence-corrected chi connectivity index (χ4v) is 6.59. The minimum atomic E-state index is -0.885. The number of halogens is 2. The third-order valence-electron chi connectivity index (χ3n) is 5.71. The van der Waals surface area contributed by atoms with E-state index in [0.717, 1.165) is 32.6 Å². The van der Waals surface area contributed by atoms with E-state index in [1.54, 1.807) is 26.4 Å². The quantitative estimate of drug-likeness (QED) is 0.401. The molecule has 1 aromatic heterocycles. The Balaban J connectivity index is 1.53. The zero-order chi connectivity index (χ0) is 24.1. The number of hydrogen-bond acceptors (Lipinski definition) is 6. The molecule has 2 heterocycles. The number of methoxy groups -OCH3 is 2. The Hall–Kier alpha value is -2.41. The third-order valence-corrected chi connectivity index (χ3v) is 8.59. The van der Waals surface area contributed by atoms with E-state index in [2.05, 4.69) is 9.97 Å². The van der Waals surface area contributed by atoms with Gasteiger partial charge in [0, 0.05) is 7.11 Å². The van der Waals surface area contributed by atoms with E-state index in [1.807, 2.05) is 17.0 Å². The molecule has 0 aliphatic carbocycles. The summed E-state index contributed by atoms with van der Waals surface area (Å²) in [6, 6.07) is 8.57. The van der Waals surface area contributed by atoms with Crippen molar-refractivity contribution in [3.8, 4) is 11.5 Å². The fourth-order valence-electron chi connectivity index (χ4n) is 3.88. The summed E-state index contributed by atoms with van der Waals surface area (Å²) in [5, 5.41) is 0.989. The van der Waals surface area contributed by atoms with E-state index in [-0.39, 0.29) is 17.0 Å². The van der Waals surface area contributed by atoms with Crippen LogP contribution in [0.4, 0.5) is 4.39 Å². The van der Waals surface area contributed by atoms with E-state index in [4.69, 9.17) is 25.8 Å². The van der Waals surface area contributed by atoms with Crippen LogP contribution in [0.15, 0.2) is 36.7 Å². The van der Waals surface area contributed by atoms with Crippen molar-refractivity contribution in [3.63, 3.8) is 0 Å². The Morgan fingerprint density at radius 1 is 1.18 bits per heavy atom. The monoisotopic (exact) mass is 549 g/mol. The molecule has 1 amide bonds. The molecule has 4 rings (SSSR count). The van der Waals surface area contributed by atoms with Crippen LogP contribution in [-0.4, -0.2) is 76.5 Å². The van der Waals surface area contributed by atoms with E-state index in [1.165, 1.54) is 12.4 Å². The molecule has 34 heavy (non-hydrogen) atoms. The van der Waals surface area contributed by atoms with Crippen LogP contribution in [0.5, 0.6) is 11.5 Å². The first-order chi connectivity index (χ1) is 16.5. The molecule has 1 aliphatic rings. The molecule has 1 saturated heterocycles. The molecule has 3 aromatic rings. The average Bonchev–Trinajstić information content (AvgIpc) is 2.85. The summed E-state index contributed by atoms with van der Waals surface area (Å²) in [5.74, 6) is 0.895. The number of carbonyl (C=O) groups excluding carboxylic acids is 1. The summed E-state index contributed by atoms with van der Waals surface area (Å²) >= 11 is 5.09. The second-order valence-electron chi connectivity index (χ2n) is 7.94. The minimum absolute atomic E-state index is 0.0298. The number of benzene rings is 2. The zero-order valence-electron chi connectivity index (χ0n) is 19.0. The van der Waals surface area contributed by atoms with Crippen LogP contribution in [0.2, 0.25) is 5.02 Å². The Kier molecular flexibility index (Phi) is 8.24. The van der Waals surface area contributed by atoms with Gasteiger partial charge in [-0.3, -0.25) is 0 Å². The van der Waals surface area contributed by atoms with Crippen molar-refractivity contribution in [2.75, 3.05) is 33.9 Å². The molecule has 1 aliphatic heterocycles. The molecule has 7 nitrogen and oxygen atoms in total. The van der Waals surface area contributed by atoms with Crippen LogP contribution in [0.3, 0.4) is 0 Å². The number of hydrogen-bond donors (Lipinski definition) is 0. The maximum atomic E-state index is 13.6. The predicted octanol–water partition coefficient (Wildman–Crippen LogP) is 2.22. The van der Waals surface area contributed by atoms with Gasteiger partial charge >= 0.3 is 198 Å². The van der Waals surface area contributed by atoms with Gasteiger partial charge in [0.25, 0.3) is 0 Å². The van der Waals surface area contributed by atoms with Gasteiger partial charge in [0.2, 0.25) is 0 Å². The van der Waals surface area contributed by atoms with Crippen LogP contribution in [0.1, 0.15) is 19.3 Å². The average molecular weight is 550 g/mol. The summed E-state index contributed by atoms with van der Waals surface area (Å²) in [6.45, 7) is 1.73. The van der Waals surface area contributed by atoms with Crippen molar-refractivity contribution in [1.82, 2.24) is 14.9 Å². The molecule has 10 heteroatoms. The normalized spacial score (nSPS) is 14.8. The van der Waals surface area contributed by atoms with Crippen molar-refractivity contribution in [3.05, 3.63) is 47.5 Å². The van der Waals surface area contributed by atoms with E-state index in [0.29, 0.717) is 37.6 Å². The van der Waals surface area contributed by atoms with Gasteiger partial charge in [-0.1, -0.05) is 0 Å². The van der Waals surface area contributed by atoms with Crippen LogP contribution in [-0.2, 0) is 9.53 Å². The first-order valence-corrected chi connectivity index (χ1v) is 13.4. The van der Waals surface area contributed by atoms with Gasteiger partial charge in [-0.15, -0.1) is 0 Å². The molecule has 0 saturated carbocycles. The number of ether oxygens (including phenoxy) is 3. The summed E-state index contributed by atoms with van der Waals surface area (Å²) in [7, 11) is 3.19. The molecule has 0 bridgehead atoms. The van der Waals surface area contributed by atoms with Gasteiger partial charge < -0.3 is 4.74 Å². The van der Waals surface area contributed by atoms with Gasteiger partial charge in [0.1, 0.15) is 0 Å². The van der Waals surface area contributed by atoms with Gasteiger partial charge in [-0.25, -0.2) is 0 Å². The van der Waals surface area contributed by atoms with Crippen molar-refractivity contribution >= 4 is 53.0 Å². The number of piperidine rings is 1. The van der Waals surface area contributed by atoms with Gasteiger partial charge in [0.15, 0.2) is 0 Å². The van der Waals surface area contributed by atoms with E-state index >= 15 is 0 Å². The summed E-state index contributed by atoms with van der Waals surface area (Å²) in [5.41, 5.74) is 0.754. The molecular weight excluding hydrogens is 524 g/mol. The Labute approximate surface area is 209 Å². The number of likely N-dealkylation sites (tertiary alicyclic amines) is 1. The molecule has 2 aromatic carbocycles. The standard InChI is InChI=1S/C24H26AsClFN3O4/c1-32-10-7-23(31)30-8-5-16(6-9-30)34-22-12-17-20(13-21(22)33-2)28-14-29-24(17)25-15-3-4-19(27)18(26)11-15/h3-4,11-14,16,25H,5-10H2,1-2H3. The van der Waals surface area contributed by atoms with Crippen molar-refractivity contribution < 1.29 is 23.4 Å². The Morgan fingerprint density at radius 3 is 2.68 bits per heavy atom. The molecule has 0 N–H and O–H groups in total. The number of amides is 1.